The largest absolute Gasteiger partial charge is 0.476 e. The van der Waals surface area contributed by atoms with Gasteiger partial charge in [0.25, 0.3) is 0 Å². The molecule has 7 nitrogen and oxygen atoms in total. The van der Waals surface area contributed by atoms with E-state index in [0.29, 0.717) is 37.7 Å². The zero-order chi connectivity index (χ0) is 20.2. The molecule has 152 valence electrons. The minimum absolute atomic E-state index is 0.160. The van der Waals surface area contributed by atoms with Crippen molar-refractivity contribution in [1.29, 1.82) is 0 Å². The van der Waals surface area contributed by atoms with Gasteiger partial charge in [0.15, 0.2) is 5.69 Å². The third-order valence-electron chi connectivity index (χ3n) is 3.78. The first-order chi connectivity index (χ1) is 13.7. The van der Waals surface area contributed by atoms with E-state index in [4.69, 9.17) is 25.8 Å². The number of amides is 1. The van der Waals surface area contributed by atoms with Crippen LogP contribution in [0.5, 0.6) is 11.8 Å². The van der Waals surface area contributed by atoms with Gasteiger partial charge in [0, 0.05) is 12.4 Å². The minimum atomic E-state index is -0.518. The molecule has 2 rings (SSSR count). The van der Waals surface area contributed by atoms with Crippen molar-refractivity contribution in [2.24, 2.45) is 0 Å². The van der Waals surface area contributed by atoms with Crippen molar-refractivity contribution < 1.29 is 19.0 Å². The predicted molar refractivity (Wildman–Crippen MR) is 108 cm³/mol. The van der Waals surface area contributed by atoms with Crippen molar-refractivity contribution in [1.82, 2.24) is 9.97 Å². The number of aromatic nitrogens is 2. The molecule has 0 aliphatic rings. The van der Waals surface area contributed by atoms with E-state index in [0.717, 1.165) is 12.0 Å². The summed E-state index contributed by atoms with van der Waals surface area (Å²) in [6, 6.07) is 9.50. The number of anilines is 1. The van der Waals surface area contributed by atoms with Crippen LogP contribution in [0.1, 0.15) is 32.3 Å². The van der Waals surface area contributed by atoms with E-state index in [2.05, 4.69) is 9.97 Å². The fourth-order valence-electron chi connectivity index (χ4n) is 2.52. The van der Waals surface area contributed by atoms with Gasteiger partial charge in [-0.1, -0.05) is 30.3 Å². The summed E-state index contributed by atoms with van der Waals surface area (Å²) in [5, 5.41) is 0. The molecule has 0 bridgehead atoms. The van der Waals surface area contributed by atoms with Gasteiger partial charge in [-0.25, -0.2) is 4.79 Å². The Bertz CT molecular complexity index is 706. The van der Waals surface area contributed by atoms with Crippen LogP contribution in [0.4, 0.5) is 10.5 Å². The van der Waals surface area contributed by atoms with Crippen molar-refractivity contribution >= 4 is 23.4 Å². The fraction of sp³-hybridized carbons (Fsp3) is 0.450. The smallest absolute Gasteiger partial charge is 0.414 e. The van der Waals surface area contributed by atoms with Crippen LogP contribution in [0.2, 0.25) is 0 Å². The van der Waals surface area contributed by atoms with Gasteiger partial charge < -0.3 is 14.2 Å². The van der Waals surface area contributed by atoms with E-state index in [1.165, 1.54) is 11.2 Å². The van der Waals surface area contributed by atoms with E-state index in [9.17, 15) is 4.79 Å². The lowest BCUT2D eigenvalue weighted by atomic mass is 10.2. The molecule has 1 heterocycles. The molecule has 0 atom stereocenters. The molecule has 0 radical (unpaired) electrons. The lowest BCUT2D eigenvalue weighted by Gasteiger charge is -2.25. The van der Waals surface area contributed by atoms with Gasteiger partial charge in [-0.2, -0.15) is 9.97 Å². The van der Waals surface area contributed by atoms with Crippen LogP contribution >= 0.6 is 11.6 Å². The molecule has 8 heteroatoms. The summed E-state index contributed by atoms with van der Waals surface area (Å²) in [4.78, 5) is 22.7. The summed E-state index contributed by atoms with van der Waals surface area (Å²) in [6.07, 6.45) is 2.28. The number of benzene rings is 1. The Morgan fingerprint density at radius 2 is 1.68 bits per heavy atom. The Balaban J connectivity index is 2.29. The van der Waals surface area contributed by atoms with Gasteiger partial charge in [0.1, 0.15) is 12.9 Å². The lowest BCUT2D eigenvalue weighted by molar-refractivity contribution is 0.146. The first-order valence-electron chi connectivity index (χ1n) is 9.36. The van der Waals surface area contributed by atoms with Crippen LogP contribution in [0.15, 0.2) is 36.7 Å². The summed E-state index contributed by atoms with van der Waals surface area (Å²) in [7, 11) is 0. The molecule has 0 unspecified atom stereocenters. The summed E-state index contributed by atoms with van der Waals surface area (Å²) in [6.45, 7) is 5.02. The van der Waals surface area contributed by atoms with E-state index in [1.807, 2.05) is 44.2 Å². The Labute approximate surface area is 170 Å². The highest BCUT2D eigenvalue weighted by Gasteiger charge is 2.27. The topological polar surface area (TPSA) is 73.8 Å². The zero-order valence-corrected chi connectivity index (χ0v) is 17.0. The Morgan fingerprint density at radius 3 is 2.25 bits per heavy atom. The molecule has 0 aliphatic carbocycles. The second-order valence-electron chi connectivity index (χ2n) is 5.79. The van der Waals surface area contributed by atoms with Crippen molar-refractivity contribution in [2.75, 3.05) is 30.5 Å². The van der Waals surface area contributed by atoms with Gasteiger partial charge in [-0.05, 0) is 32.3 Å². The van der Waals surface area contributed by atoms with Gasteiger partial charge >= 0.3 is 6.09 Å². The Hall–Kier alpha value is -2.54. The van der Waals surface area contributed by atoms with Crippen molar-refractivity contribution in [3.05, 3.63) is 42.2 Å². The second-order valence-corrected chi connectivity index (χ2v) is 6.16. The molecule has 2 aromatic rings. The molecular formula is C20H26ClN3O4. The lowest BCUT2D eigenvalue weighted by Crippen LogP contribution is -2.33. The highest BCUT2D eigenvalue weighted by Crippen LogP contribution is 2.35. The van der Waals surface area contributed by atoms with E-state index < -0.39 is 6.09 Å². The zero-order valence-electron chi connectivity index (χ0n) is 16.3. The number of hydrogen-bond acceptors (Lipinski definition) is 6. The molecule has 28 heavy (non-hydrogen) atoms. The van der Waals surface area contributed by atoms with Crippen molar-refractivity contribution in [2.45, 2.75) is 33.3 Å². The fourth-order valence-corrected chi connectivity index (χ4v) is 2.71. The Morgan fingerprint density at radius 1 is 1.04 bits per heavy atom. The van der Waals surface area contributed by atoms with Crippen LogP contribution in [-0.2, 0) is 11.3 Å². The van der Waals surface area contributed by atoms with Crippen LogP contribution in [0.3, 0.4) is 0 Å². The molecular weight excluding hydrogens is 382 g/mol. The quantitative estimate of drug-likeness (QED) is 0.405. The van der Waals surface area contributed by atoms with Crippen LogP contribution in [0.25, 0.3) is 0 Å². The van der Waals surface area contributed by atoms with E-state index >= 15 is 0 Å². The first-order valence-corrected chi connectivity index (χ1v) is 9.89. The third-order valence-corrected chi connectivity index (χ3v) is 4.05. The molecule has 0 saturated carbocycles. The maximum Gasteiger partial charge on any atom is 0.414 e. The molecule has 0 saturated heterocycles. The summed E-state index contributed by atoms with van der Waals surface area (Å²) >= 11 is 5.81. The number of carbonyl (C=O) groups is 1. The SMILES string of the molecule is CCOc1ncnc(OCC)c1N(CCCCCl)C(=O)OCc1ccccc1. The highest BCUT2D eigenvalue weighted by atomic mass is 35.5. The number of carbonyl (C=O) groups excluding carboxylic acids is 1. The van der Waals surface area contributed by atoms with Gasteiger partial charge in [-0.15, -0.1) is 11.6 Å². The van der Waals surface area contributed by atoms with Crippen LogP contribution in [0, 0.1) is 0 Å². The Kier molecular flexibility index (Phi) is 9.34. The third kappa shape index (κ3) is 6.27. The summed E-state index contributed by atoms with van der Waals surface area (Å²) < 4.78 is 16.8. The monoisotopic (exact) mass is 407 g/mol. The first kappa shape index (κ1) is 21.8. The minimum Gasteiger partial charge on any atom is -0.476 e. The average Bonchev–Trinajstić information content (AvgIpc) is 2.72. The summed E-state index contributed by atoms with van der Waals surface area (Å²) in [5.74, 6) is 1.07. The molecule has 0 fully saturated rings. The highest BCUT2D eigenvalue weighted by molar-refractivity contribution is 6.17. The van der Waals surface area contributed by atoms with Gasteiger partial charge in [-0.3, -0.25) is 4.90 Å². The van der Waals surface area contributed by atoms with Crippen molar-refractivity contribution in [3.8, 4) is 11.8 Å². The van der Waals surface area contributed by atoms with E-state index in [-0.39, 0.29) is 18.4 Å². The number of nitrogens with zero attached hydrogens (tertiary/aromatic N) is 3. The van der Waals surface area contributed by atoms with Crippen molar-refractivity contribution in [3.63, 3.8) is 0 Å². The number of halogens is 1. The van der Waals surface area contributed by atoms with Gasteiger partial charge in [0.2, 0.25) is 11.8 Å². The van der Waals surface area contributed by atoms with Gasteiger partial charge in [0.05, 0.1) is 13.2 Å². The molecule has 0 N–H and O–H groups in total. The molecule has 1 amide bonds. The molecule has 1 aromatic carbocycles. The normalized spacial score (nSPS) is 10.4. The van der Waals surface area contributed by atoms with E-state index in [1.54, 1.807) is 0 Å². The number of rotatable bonds is 11. The average molecular weight is 408 g/mol. The summed E-state index contributed by atoms with van der Waals surface area (Å²) in [5.41, 5.74) is 1.27. The van der Waals surface area contributed by atoms with Crippen LogP contribution < -0.4 is 14.4 Å². The maximum absolute atomic E-state index is 12.9. The number of alkyl halides is 1. The molecule has 0 spiro atoms. The molecule has 0 aliphatic heterocycles. The number of hydrogen-bond donors (Lipinski definition) is 0. The number of unbranched alkanes of at least 4 members (excludes halogenated alkanes) is 1. The maximum atomic E-state index is 12.9. The second kappa shape index (κ2) is 12.0. The predicted octanol–water partition coefficient (Wildman–Crippen LogP) is 4.44. The standard InChI is InChI=1S/C20H26ClN3O4/c1-3-26-18-17(19(27-4-2)23-15-22-18)24(13-9-8-12-21)20(25)28-14-16-10-6-5-7-11-16/h5-7,10-11,15H,3-4,8-9,12-14H2,1-2H3. The molecule has 1 aromatic heterocycles. The number of ether oxygens (including phenoxy) is 3. The van der Waals surface area contributed by atoms with Crippen LogP contribution in [-0.4, -0.2) is 41.7 Å².